The summed E-state index contributed by atoms with van der Waals surface area (Å²) < 4.78 is 2.05. The molecule has 1 aromatic heterocycles. The SMILES string of the molecule is Cc1cccc(-n2nc(-c3cccc(Cl)c3)c3c2NCCCC3)c1. The Kier molecular flexibility index (Phi) is 4.03. The van der Waals surface area contributed by atoms with E-state index in [2.05, 4.69) is 42.6 Å². The molecule has 122 valence electrons. The van der Waals surface area contributed by atoms with Gasteiger partial charge in [-0.15, -0.1) is 0 Å². The molecule has 3 aromatic rings. The second-order valence-electron chi connectivity index (χ2n) is 6.32. The first-order valence-electron chi connectivity index (χ1n) is 8.41. The fourth-order valence-electron chi connectivity index (χ4n) is 3.32. The van der Waals surface area contributed by atoms with Gasteiger partial charge in [0.05, 0.1) is 11.4 Å². The number of aryl methyl sites for hydroxylation is 1. The molecule has 0 spiro atoms. The molecule has 0 atom stereocenters. The van der Waals surface area contributed by atoms with Crippen LogP contribution in [0.25, 0.3) is 16.9 Å². The van der Waals surface area contributed by atoms with Gasteiger partial charge in [0.25, 0.3) is 0 Å². The van der Waals surface area contributed by atoms with E-state index in [4.69, 9.17) is 16.7 Å². The molecular formula is C20H20ClN3. The number of hydrogen-bond donors (Lipinski definition) is 1. The monoisotopic (exact) mass is 337 g/mol. The highest BCUT2D eigenvalue weighted by molar-refractivity contribution is 6.30. The largest absolute Gasteiger partial charge is 0.370 e. The molecule has 0 saturated heterocycles. The van der Waals surface area contributed by atoms with Gasteiger partial charge in [-0.3, -0.25) is 0 Å². The van der Waals surface area contributed by atoms with E-state index in [1.165, 1.54) is 24.0 Å². The van der Waals surface area contributed by atoms with Crippen LogP contribution in [0.4, 0.5) is 5.82 Å². The Balaban J connectivity index is 1.92. The quantitative estimate of drug-likeness (QED) is 0.692. The zero-order chi connectivity index (χ0) is 16.5. The van der Waals surface area contributed by atoms with Gasteiger partial charge in [0.1, 0.15) is 5.82 Å². The number of nitrogens with zero attached hydrogens (tertiary/aromatic N) is 2. The van der Waals surface area contributed by atoms with E-state index in [0.29, 0.717) is 0 Å². The lowest BCUT2D eigenvalue weighted by Gasteiger charge is -2.09. The number of fused-ring (bicyclic) bond motifs is 1. The highest BCUT2D eigenvalue weighted by Gasteiger charge is 2.21. The van der Waals surface area contributed by atoms with Crippen molar-refractivity contribution in [3.63, 3.8) is 0 Å². The first-order valence-corrected chi connectivity index (χ1v) is 8.79. The summed E-state index contributed by atoms with van der Waals surface area (Å²) in [5.74, 6) is 1.12. The molecule has 4 rings (SSSR count). The lowest BCUT2D eigenvalue weighted by Crippen LogP contribution is -2.07. The summed E-state index contributed by atoms with van der Waals surface area (Å²) in [6.45, 7) is 3.09. The highest BCUT2D eigenvalue weighted by Crippen LogP contribution is 2.34. The van der Waals surface area contributed by atoms with Gasteiger partial charge in [-0.2, -0.15) is 5.10 Å². The smallest absolute Gasteiger partial charge is 0.133 e. The normalized spacial score (nSPS) is 13.9. The van der Waals surface area contributed by atoms with Crippen LogP contribution in [0.3, 0.4) is 0 Å². The number of anilines is 1. The average molecular weight is 338 g/mol. The van der Waals surface area contributed by atoms with E-state index >= 15 is 0 Å². The molecule has 2 heterocycles. The van der Waals surface area contributed by atoms with Gasteiger partial charge in [0, 0.05) is 22.7 Å². The predicted molar refractivity (Wildman–Crippen MR) is 100 cm³/mol. The molecule has 0 bridgehead atoms. The van der Waals surface area contributed by atoms with Crippen molar-refractivity contribution in [3.05, 3.63) is 64.7 Å². The Morgan fingerprint density at radius 3 is 2.79 bits per heavy atom. The van der Waals surface area contributed by atoms with Gasteiger partial charge >= 0.3 is 0 Å². The van der Waals surface area contributed by atoms with Crippen molar-refractivity contribution in [3.8, 4) is 16.9 Å². The third kappa shape index (κ3) is 2.80. The van der Waals surface area contributed by atoms with Gasteiger partial charge < -0.3 is 5.32 Å². The van der Waals surface area contributed by atoms with E-state index in [9.17, 15) is 0 Å². The number of nitrogens with one attached hydrogen (secondary N) is 1. The Labute approximate surface area is 147 Å². The molecule has 0 saturated carbocycles. The van der Waals surface area contributed by atoms with E-state index in [1.807, 2.05) is 22.9 Å². The van der Waals surface area contributed by atoms with E-state index in [0.717, 1.165) is 40.8 Å². The summed E-state index contributed by atoms with van der Waals surface area (Å²) in [6.07, 6.45) is 3.39. The van der Waals surface area contributed by atoms with Gasteiger partial charge in [0.15, 0.2) is 0 Å². The Morgan fingerprint density at radius 1 is 1.08 bits per heavy atom. The van der Waals surface area contributed by atoms with Crippen LogP contribution in [0.2, 0.25) is 5.02 Å². The predicted octanol–water partition coefficient (Wildman–Crippen LogP) is 5.25. The number of rotatable bonds is 2. The van der Waals surface area contributed by atoms with Crippen molar-refractivity contribution in [1.29, 1.82) is 0 Å². The van der Waals surface area contributed by atoms with Crippen LogP contribution in [0, 0.1) is 6.92 Å². The highest BCUT2D eigenvalue weighted by atomic mass is 35.5. The summed E-state index contributed by atoms with van der Waals surface area (Å²) in [4.78, 5) is 0. The fraction of sp³-hybridized carbons (Fsp3) is 0.250. The lowest BCUT2D eigenvalue weighted by atomic mass is 10.0. The third-order valence-corrected chi connectivity index (χ3v) is 4.71. The van der Waals surface area contributed by atoms with Crippen LogP contribution in [0.1, 0.15) is 24.0 Å². The first kappa shape index (κ1) is 15.3. The van der Waals surface area contributed by atoms with Crippen LogP contribution < -0.4 is 5.32 Å². The molecular weight excluding hydrogens is 318 g/mol. The fourth-order valence-corrected chi connectivity index (χ4v) is 3.51. The zero-order valence-electron chi connectivity index (χ0n) is 13.7. The van der Waals surface area contributed by atoms with Crippen molar-refractivity contribution in [2.45, 2.75) is 26.2 Å². The zero-order valence-corrected chi connectivity index (χ0v) is 14.5. The molecule has 4 heteroatoms. The average Bonchev–Trinajstić information content (AvgIpc) is 2.76. The molecule has 1 N–H and O–H groups in total. The molecule has 0 aliphatic carbocycles. The maximum absolute atomic E-state index is 6.20. The van der Waals surface area contributed by atoms with E-state index in [1.54, 1.807) is 0 Å². The molecule has 1 aliphatic heterocycles. The van der Waals surface area contributed by atoms with Crippen LogP contribution in [0.15, 0.2) is 48.5 Å². The van der Waals surface area contributed by atoms with Gasteiger partial charge in [-0.1, -0.05) is 35.9 Å². The van der Waals surface area contributed by atoms with Crippen molar-refractivity contribution in [1.82, 2.24) is 9.78 Å². The molecule has 0 amide bonds. The molecule has 1 aliphatic rings. The minimum absolute atomic E-state index is 0.743. The van der Waals surface area contributed by atoms with E-state index in [-0.39, 0.29) is 0 Å². The minimum atomic E-state index is 0.743. The van der Waals surface area contributed by atoms with Crippen LogP contribution in [-0.2, 0) is 6.42 Å². The second kappa shape index (κ2) is 6.33. The van der Waals surface area contributed by atoms with Crippen molar-refractivity contribution >= 4 is 17.4 Å². The molecule has 0 unspecified atom stereocenters. The summed E-state index contributed by atoms with van der Waals surface area (Å²) in [5, 5.41) is 9.28. The Hall–Kier alpha value is -2.26. The van der Waals surface area contributed by atoms with Gasteiger partial charge in [-0.05, 0) is 56.0 Å². The van der Waals surface area contributed by atoms with Gasteiger partial charge in [-0.25, -0.2) is 4.68 Å². The van der Waals surface area contributed by atoms with E-state index < -0.39 is 0 Å². The first-order chi connectivity index (χ1) is 11.7. The van der Waals surface area contributed by atoms with Crippen LogP contribution in [-0.4, -0.2) is 16.3 Å². The van der Waals surface area contributed by atoms with Crippen molar-refractivity contribution in [2.75, 3.05) is 11.9 Å². The van der Waals surface area contributed by atoms with Crippen molar-refractivity contribution in [2.24, 2.45) is 0 Å². The topological polar surface area (TPSA) is 29.9 Å². The number of halogens is 1. The molecule has 24 heavy (non-hydrogen) atoms. The molecule has 0 radical (unpaired) electrons. The summed E-state index contributed by atoms with van der Waals surface area (Å²) in [7, 11) is 0. The number of benzene rings is 2. The summed E-state index contributed by atoms with van der Waals surface area (Å²) >= 11 is 6.20. The van der Waals surface area contributed by atoms with Crippen LogP contribution >= 0.6 is 11.6 Å². The third-order valence-electron chi connectivity index (χ3n) is 4.47. The van der Waals surface area contributed by atoms with Crippen LogP contribution in [0.5, 0.6) is 0 Å². The van der Waals surface area contributed by atoms with Gasteiger partial charge in [0.2, 0.25) is 0 Å². The molecule has 3 nitrogen and oxygen atoms in total. The number of aromatic nitrogens is 2. The maximum Gasteiger partial charge on any atom is 0.133 e. The minimum Gasteiger partial charge on any atom is -0.370 e. The second-order valence-corrected chi connectivity index (χ2v) is 6.76. The Bertz CT molecular complexity index is 812. The molecule has 0 fully saturated rings. The summed E-state index contributed by atoms with van der Waals surface area (Å²) in [5.41, 5.74) is 5.72. The number of hydrogen-bond acceptors (Lipinski definition) is 2. The Morgan fingerprint density at radius 2 is 1.96 bits per heavy atom. The standard InChI is InChI=1S/C20H20ClN3/c1-14-6-4-9-17(12-14)24-20-18(10-2-3-11-22-20)19(23-24)15-7-5-8-16(21)13-15/h4-9,12-13,22H,2-3,10-11H2,1H3. The summed E-state index contributed by atoms with van der Waals surface area (Å²) in [6, 6.07) is 16.4. The molecule has 2 aromatic carbocycles. The maximum atomic E-state index is 6.20. The van der Waals surface area contributed by atoms with Crippen molar-refractivity contribution < 1.29 is 0 Å². The lowest BCUT2D eigenvalue weighted by molar-refractivity contribution is 0.780.